The van der Waals surface area contributed by atoms with Crippen LogP contribution in [0, 0.1) is 0 Å². The highest BCUT2D eigenvalue weighted by Crippen LogP contribution is 2.19. The van der Waals surface area contributed by atoms with Crippen molar-refractivity contribution in [2.75, 3.05) is 19.3 Å². The molecule has 0 saturated heterocycles. The van der Waals surface area contributed by atoms with E-state index in [-0.39, 0.29) is 6.10 Å². The molecule has 0 aliphatic rings. The van der Waals surface area contributed by atoms with E-state index in [1.54, 1.807) is 13.0 Å². The summed E-state index contributed by atoms with van der Waals surface area (Å²) in [6.45, 7) is 3.11. The van der Waals surface area contributed by atoms with Gasteiger partial charge in [0.15, 0.2) is 0 Å². The van der Waals surface area contributed by atoms with Gasteiger partial charge in [0.05, 0.1) is 6.10 Å². The molecule has 0 radical (unpaired) electrons. The van der Waals surface area contributed by atoms with Crippen LogP contribution >= 0.6 is 11.6 Å². The largest absolute Gasteiger partial charge is 0.398 e. The number of rotatable bonds is 4. The normalized spacial score (nSPS) is 13.1. The molecule has 0 aromatic heterocycles. The third-order valence-corrected chi connectivity index (χ3v) is 2.36. The van der Waals surface area contributed by atoms with Gasteiger partial charge in [0.1, 0.15) is 0 Å². The van der Waals surface area contributed by atoms with E-state index in [0.717, 1.165) is 5.56 Å². The van der Waals surface area contributed by atoms with Crippen LogP contribution in [0.15, 0.2) is 18.2 Å². The van der Waals surface area contributed by atoms with Crippen LogP contribution in [0.2, 0.25) is 5.02 Å². The number of hydrogen-bond donors (Lipinski definition) is 2. The number of nitrogens with two attached hydrogens (primary N) is 1. The summed E-state index contributed by atoms with van der Waals surface area (Å²) in [7, 11) is 1.95. The topological polar surface area (TPSA) is 49.5 Å². The van der Waals surface area contributed by atoms with Crippen LogP contribution in [0.1, 0.15) is 12.5 Å². The van der Waals surface area contributed by atoms with E-state index in [0.29, 0.717) is 23.8 Å². The second kappa shape index (κ2) is 5.35. The Morgan fingerprint density at radius 3 is 2.73 bits per heavy atom. The molecule has 3 nitrogen and oxygen atoms in total. The minimum absolute atomic E-state index is 0.330. The molecule has 84 valence electrons. The maximum atomic E-state index is 9.22. The minimum atomic E-state index is -0.330. The third-order valence-electron chi connectivity index (χ3n) is 2.12. The average Bonchev–Trinajstić information content (AvgIpc) is 2.08. The fourth-order valence-corrected chi connectivity index (χ4v) is 1.70. The number of halogens is 1. The quantitative estimate of drug-likeness (QED) is 0.772. The molecule has 1 rings (SSSR count). The van der Waals surface area contributed by atoms with E-state index in [1.807, 2.05) is 24.1 Å². The Morgan fingerprint density at radius 1 is 1.53 bits per heavy atom. The standard InChI is InChI=1S/C11H17ClN2O/c1-8(15)6-14(2)7-9-3-4-10(12)5-11(9)13/h3-5,8,15H,6-7,13H2,1-2H3. The van der Waals surface area contributed by atoms with Crippen LogP contribution in [0.4, 0.5) is 5.69 Å². The van der Waals surface area contributed by atoms with Gasteiger partial charge in [0.25, 0.3) is 0 Å². The molecule has 0 bridgehead atoms. The number of anilines is 1. The predicted molar refractivity (Wildman–Crippen MR) is 63.9 cm³/mol. The lowest BCUT2D eigenvalue weighted by atomic mass is 10.1. The second-order valence-electron chi connectivity index (χ2n) is 3.89. The van der Waals surface area contributed by atoms with Gasteiger partial charge in [-0.3, -0.25) is 4.90 Å². The molecule has 1 unspecified atom stereocenters. The SMILES string of the molecule is CC(O)CN(C)Cc1ccc(Cl)cc1N. The minimum Gasteiger partial charge on any atom is -0.398 e. The average molecular weight is 229 g/mol. The Hall–Kier alpha value is -0.770. The van der Waals surface area contributed by atoms with E-state index >= 15 is 0 Å². The molecule has 3 N–H and O–H groups in total. The van der Waals surface area contributed by atoms with Gasteiger partial charge in [-0.1, -0.05) is 17.7 Å². The van der Waals surface area contributed by atoms with Crippen LogP contribution in [0.5, 0.6) is 0 Å². The van der Waals surface area contributed by atoms with Gasteiger partial charge < -0.3 is 10.8 Å². The summed E-state index contributed by atoms with van der Waals surface area (Å²) in [5.74, 6) is 0. The van der Waals surface area contributed by atoms with Crippen molar-refractivity contribution in [2.24, 2.45) is 0 Å². The molecule has 15 heavy (non-hydrogen) atoms. The monoisotopic (exact) mass is 228 g/mol. The smallest absolute Gasteiger partial charge is 0.0639 e. The van der Waals surface area contributed by atoms with E-state index < -0.39 is 0 Å². The summed E-state index contributed by atoms with van der Waals surface area (Å²) in [6.07, 6.45) is -0.330. The first-order valence-electron chi connectivity index (χ1n) is 4.89. The van der Waals surface area contributed by atoms with Crippen molar-refractivity contribution in [3.8, 4) is 0 Å². The summed E-state index contributed by atoms with van der Waals surface area (Å²) >= 11 is 5.80. The molecular weight excluding hydrogens is 212 g/mol. The van der Waals surface area contributed by atoms with Gasteiger partial charge in [-0.05, 0) is 31.7 Å². The molecular formula is C11H17ClN2O. The Balaban J connectivity index is 2.64. The van der Waals surface area contributed by atoms with Crippen LogP contribution < -0.4 is 5.73 Å². The Kier molecular flexibility index (Phi) is 4.39. The van der Waals surface area contributed by atoms with Crippen molar-refractivity contribution < 1.29 is 5.11 Å². The summed E-state index contributed by atoms with van der Waals surface area (Å²) in [4.78, 5) is 2.02. The van der Waals surface area contributed by atoms with Crippen molar-refractivity contribution in [1.29, 1.82) is 0 Å². The van der Waals surface area contributed by atoms with E-state index in [2.05, 4.69) is 0 Å². The van der Waals surface area contributed by atoms with Crippen molar-refractivity contribution in [2.45, 2.75) is 19.6 Å². The summed E-state index contributed by atoms with van der Waals surface area (Å²) in [6, 6.07) is 5.48. The Morgan fingerprint density at radius 2 is 2.20 bits per heavy atom. The molecule has 0 aliphatic heterocycles. The predicted octanol–water partition coefficient (Wildman–Crippen LogP) is 1.73. The van der Waals surface area contributed by atoms with Gasteiger partial charge in [-0.2, -0.15) is 0 Å². The molecule has 0 amide bonds. The number of aliphatic hydroxyl groups excluding tert-OH is 1. The molecule has 0 saturated carbocycles. The van der Waals surface area contributed by atoms with Gasteiger partial charge in [-0.15, -0.1) is 0 Å². The first-order chi connectivity index (χ1) is 6.99. The fourth-order valence-electron chi connectivity index (χ4n) is 1.52. The summed E-state index contributed by atoms with van der Waals surface area (Å²) in [5.41, 5.74) is 7.55. The summed E-state index contributed by atoms with van der Waals surface area (Å²) < 4.78 is 0. The molecule has 0 fully saturated rings. The highest BCUT2D eigenvalue weighted by atomic mass is 35.5. The van der Waals surface area contributed by atoms with Crippen LogP contribution in [-0.2, 0) is 6.54 Å². The van der Waals surface area contributed by atoms with E-state index in [1.165, 1.54) is 0 Å². The molecule has 0 aliphatic carbocycles. The number of aliphatic hydroxyl groups is 1. The van der Waals surface area contributed by atoms with E-state index in [4.69, 9.17) is 17.3 Å². The van der Waals surface area contributed by atoms with Crippen LogP contribution in [0.25, 0.3) is 0 Å². The van der Waals surface area contributed by atoms with Crippen molar-refractivity contribution in [1.82, 2.24) is 4.90 Å². The summed E-state index contributed by atoms with van der Waals surface area (Å²) in [5, 5.41) is 9.87. The Bertz CT molecular complexity index is 328. The van der Waals surface area contributed by atoms with E-state index in [9.17, 15) is 5.11 Å². The van der Waals surface area contributed by atoms with Crippen molar-refractivity contribution >= 4 is 17.3 Å². The first-order valence-corrected chi connectivity index (χ1v) is 5.27. The number of nitrogens with zero attached hydrogens (tertiary/aromatic N) is 1. The number of likely N-dealkylation sites (N-methyl/N-ethyl adjacent to an activating group) is 1. The highest BCUT2D eigenvalue weighted by molar-refractivity contribution is 6.30. The molecule has 1 aromatic rings. The zero-order valence-electron chi connectivity index (χ0n) is 9.07. The van der Waals surface area contributed by atoms with Gasteiger partial charge >= 0.3 is 0 Å². The molecule has 1 atom stereocenters. The molecule has 1 aromatic carbocycles. The third kappa shape index (κ3) is 4.08. The number of benzene rings is 1. The number of hydrogen-bond acceptors (Lipinski definition) is 3. The maximum absolute atomic E-state index is 9.22. The molecule has 0 heterocycles. The maximum Gasteiger partial charge on any atom is 0.0639 e. The lowest BCUT2D eigenvalue weighted by Crippen LogP contribution is -2.27. The molecule has 0 spiro atoms. The fraction of sp³-hybridized carbons (Fsp3) is 0.455. The number of nitrogen functional groups attached to an aromatic ring is 1. The van der Waals surface area contributed by atoms with Gasteiger partial charge in [0, 0.05) is 23.8 Å². The molecule has 4 heteroatoms. The van der Waals surface area contributed by atoms with Crippen LogP contribution in [0.3, 0.4) is 0 Å². The van der Waals surface area contributed by atoms with Gasteiger partial charge in [0.2, 0.25) is 0 Å². The van der Waals surface area contributed by atoms with Crippen LogP contribution in [-0.4, -0.2) is 29.7 Å². The highest BCUT2D eigenvalue weighted by Gasteiger charge is 2.06. The second-order valence-corrected chi connectivity index (χ2v) is 4.33. The van der Waals surface area contributed by atoms with Crippen molar-refractivity contribution in [3.05, 3.63) is 28.8 Å². The lowest BCUT2D eigenvalue weighted by molar-refractivity contribution is 0.138. The zero-order chi connectivity index (χ0) is 11.4. The van der Waals surface area contributed by atoms with Gasteiger partial charge in [-0.25, -0.2) is 0 Å². The Labute approximate surface area is 95.5 Å². The zero-order valence-corrected chi connectivity index (χ0v) is 9.83. The lowest BCUT2D eigenvalue weighted by Gasteiger charge is -2.19. The first kappa shape index (κ1) is 12.3. The van der Waals surface area contributed by atoms with Crippen molar-refractivity contribution in [3.63, 3.8) is 0 Å².